The molecule has 19 heavy (non-hydrogen) atoms. The summed E-state index contributed by atoms with van der Waals surface area (Å²) >= 11 is 0. The number of benzene rings is 2. The maximum atomic E-state index is 9.95. The number of aromatic hydroxyl groups is 1. The zero-order valence-electron chi connectivity index (χ0n) is 10.3. The Morgan fingerprint density at radius 3 is 2.79 bits per heavy atom. The maximum absolute atomic E-state index is 9.95. The molecule has 3 aromatic rings. The third-order valence-electron chi connectivity index (χ3n) is 2.90. The lowest BCUT2D eigenvalue weighted by Crippen LogP contribution is -1.88. The molecule has 1 heterocycles. The lowest BCUT2D eigenvalue weighted by atomic mass is 10.2. The van der Waals surface area contributed by atoms with E-state index in [4.69, 9.17) is 14.9 Å². The first-order valence-electron chi connectivity index (χ1n) is 5.72. The minimum Gasteiger partial charge on any atom is -0.505 e. The molecule has 0 saturated carbocycles. The van der Waals surface area contributed by atoms with Gasteiger partial charge in [0.2, 0.25) is 5.89 Å². The van der Waals surface area contributed by atoms with Crippen LogP contribution in [0, 0.1) is 0 Å². The van der Waals surface area contributed by atoms with Gasteiger partial charge in [-0.2, -0.15) is 0 Å². The van der Waals surface area contributed by atoms with Gasteiger partial charge >= 0.3 is 0 Å². The molecule has 0 amide bonds. The number of rotatable bonds is 2. The number of hydrogen-bond acceptors (Lipinski definition) is 5. The van der Waals surface area contributed by atoms with Crippen molar-refractivity contribution in [1.82, 2.24) is 4.98 Å². The molecule has 5 heteroatoms. The number of phenolic OH excluding ortho intramolecular Hbond substituents is 1. The third-order valence-corrected chi connectivity index (χ3v) is 2.90. The van der Waals surface area contributed by atoms with E-state index in [-0.39, 0.29) is 11.4 Å². The van der Waals surface area contributed by atoms with E-state index in [1.807, 2.05) is 6.07 Å². The number of aromatic nitrogens is 1. The molecular formula is C14H12N2O3. The molecule has 0 aliphatic rings. The van der Waals surface area contributed by atoms with E-state index in [1.165, 1.54) is 0 Å². The summed E-state index contributed by atoms with van der Waals surface area (Å²) in [5, 5.41) is 9.95. The largest absolute Gasteiger partial charge is 0.505 e. The van der Waals surface area contributed by atoms with Crippen LogP contribution in [-0.2, 0) is 0 Å². The highest BCUT2D eigenvalue weighted by molar-refractivity contribution is 5.83. The van der Waals surface area contributed by atoms with Crippen molar-refractivity contribution in [3.05, 3.63) is 36.4 Å². The highest BCUT2D eigenvalue weighted by Crippen LogP contribution is 2.36. The van der Waals surface area contributed by atoms with Crippen molar-refractivity contribution < 1.29 is 14.3 Å². The zero-order chi connectivity index (χ0) is 13.4. The summed E-state index contributed by atoms with van der Waals surface area (Å²) in [4.78, 5) is 4.35. The predicted octanol–water partition coefficient (Wildman–Crippen LogP) is 2.79. The van der Waals surface area contributed by atoms with Crippen LogP contribution in [0.3, 0.4) is 0 Å². The second kappa shape index (κ2) is 4.20. The summed E-state index contributed by atoms with van der Waals surface area (Å²) in [7, 11) is 1.57. The molecule has 0 aliphatic carbocycles. The lowest BCUT2D eigenvalue weighted by Gasteiger charge is -2.02. The number of nitrogens with two attached hydrogens (primary N) is 1. The molecule has 0 bridgehead atoms. The normalized spacial score (nSPS) is 10.8. The van der Waals surface area contributed by atoms with E-state index in [9.17, 15) is 5.11 Å². The van der Waals surface area contributed by atoms with Crippen molar-refractivity contribution >= 4 is 16.8 Å². The van der Waals surface area contributed by atoms with Crippen molar-refractivity contribution in [3.63, 3.8) is 0 Å². The van der Waals surface area contributed by atoms with E-state index in [0.29, 0.717) is 28.3 Å². The first-order valence-corrected chi connectivity index (χ1v) is 5.72. The number of fused-ring (bicyclic) bond motifs is 1. The lowest BCUT2D eigenvalue weighted by molar-refractivity contribution is 0.419. The fourth-order valence-electron chi connectivity index (χ4n) is 1.94. The van der Waals surface area contributed by atoms with E-state index in [2.05, 4.69) is 4.98 Å². The molecule has 0 spiro atoms. The molecule has 0 aliphatic heterocycles. The van der Waals surface area contributed by atoms with Crippen LogP contribution in [0.4, 0.5) is 5.69 Å². The quantitative estimate of drug-likeness (QED) is 0.544. The number of nitrogen functional groups attached to an aromatic ring is 1. The fraction of sp³-hybridized carbons (Fsp3) is 0.0714. The summed E-state index contributed by atoms with van der Waals surface area (Å²) in [5.41, 5.74) is 7.61. The van der Waals surface area contributed by atoms with Gasteiger partial charge in [-0.3, -0.25) is 0 Å². The molecule has 3 N–H and O–H groups in total. The van der Waals surface area contributed by atoms with Crippen LogP contribution < -0.4 is 10.5 Å². The second-order valence-corrected chi connectivity index (χ2v) is 4.07. The molecule has 0 radical (unpaired) electrons. The van der Waals surface area contributed by atoms with Gasteiger partial charge < -0.3 is 20.0 Å². The Morgan fingerprint density at radius 1 is 1.21 bits per heavy atom. The number of oxazole rings is 1. The Labute approximate surface area is 109 Å². The minimum atomic E-state index is -0.0342. The number of ether oxygens (including phenoxy) is 1. The SMILES string of the molecule is COc1cccc2oc(-c3cccc(N)c3O)nc12. The number of anilines is 1. The van der Waals surface area contributed by atoms with Gasteiger partial charge in [0.05, 0.1) is 18.4 Å². The highest BCUT2D eigenvalue weighted by Gasteiger charge is 2.15. The van der Waals surface area contributed by atoms with Gasteiger partial charge in [0.15, 0.2) is 16.8 Å². The Balaban J connectivity index is 2.24. The number of phenols is 1. The molecule has 0 fully saturated rings. The predicted molar refractivity (Wildman–Crippen MR) is 72.1 cm³/mol. The first-order chi connectivity index (χ1) is 9.20. The van der Waals surface area contributed by atoms with Crippen molar-refractivity contribution in [2.24, 2.45) is 0 Å². The van der Waals surface area contributed by atoms with Crippen molar-refractivity contribution in [2.75, 3.05) is 12.8 Å². The summed E-state index contributed by atoms with van der Waals surface area (Å²) in [6.45, 7) is 0. The summed E-state index contributed by atoms with van der Waals surface area (Å²) in [6, 6.07) is 10.4. The van der Waals surface area contributed by atoms with Gasteiger partial charge in [-0.05, 0) is 24.3 Å². The van der Waals surface area contributed by atoms with Crippen LogP contribution in [0.1, 0.15) is 0 Å². The zero-order valence-corrected chi connectivity index (χ0v) is 10.3. The molecule has 96 valence electrons. The monoisotopic (exact) mass is 256 g/mol. The van der Waals surface area contributed by atoms with E-state index in [1.54, 1.807) is 37.4 Å². The number of methoxy groups -OCH3 is 1. The molecular weight excluding hydrogens is 244 g/mol. The Kier molecular flexibility index (Phi) is 2.52. The van der Waals surface area contributed by atoms with E-state index in [0.717, 1.165) is 0 Å². The number of hydrogen-bond donors (Lipinski definition) is 2. The Morgan fingerprint density at radius 2 is 2.00 bits per heavy atom. The molecule has 1 aromatic heterocycles. The van der Waals surface area contributed by atoms with Crippen LogP contribution in [0.2, 0.25) is 0 Å². The molecule has 0 saturated heterocycles. The van der Waals surface area contributed by atoms with Crippen molar-refractivity contribution in [3.8, 4) is 23.0 Å². The van der Waals surface area contributed by atoms with E-state index < -0.39 is 0 Å². The molecule has 3 rings (SSSR count). The van der Waals surface area contributed by atoms with Gasteiger partial charge in [-0.1, -0.05) is 12.1 Å². The van der Waals surface area contributed by atoms with Gasteiger partial charge in [-0.25, -0.2) is 4.98 Å². The summed E-state index contributed by atoms with van der Waals surface area (Å²) in [6.07, 6.45) is 0. The topological polar surface area (TPSA) is 81.5 Å². The van der Waals surface area contributed by atoms with E-state index >= 15 is 0 Å². The van der Waals surface area contributed by atoms with Gasteiger partial charge in [0.25, 0.3) is 0 Å². The standard InChI is InChI=1S/C14H12N2O3/c1-18-10-6-3-7-11-12(10)16-14(19-11)8-4-2-5-9(15)13(8)17/h2-7,17H,15H2,1H3. The fourth-order valence-corrected chi connectivity index (χ4v) is 1.94. The van der Waals surface area contributed by atoms with Crippen LogP contribution >= 0.6 is 0 Å². The van der Waals surface area contributed by atoms with Crippen LogP contribution in [-0.4, -0.2) is 17.2 Å². The summed E-state index contributed by atoms with van der Waals surface area (Å²) in [5.74, 6) is 0.896. The average Bonchev–Trinajstić information content (AvgIpc) is 2.85. The Bertz CT molecular complexity index is 750. The Hall–Kier alpha value is -2.69. The van der Waals surface area contributed by atoms with Crippen LogP contribution in [0.5, 0.6) is 11.5 Å². The van der Waals surface area contributed by atoms with Gasteiger partial charge in [-0.15, -0.1) is 0 Å². The molecule has 2 aromatic carbocycles. The highest BCUT2D eigenvalue weighted by atomic mass is 16.5. The third kappa shape index (κ3) is 1.76. The smallest absolute Gasteiger partial charge is 0.231 e. The van der Waals surface area contributed by atoms with Gasteiger partial charge in [0.1, 0.15) is 5.75 Å². The minimum absolute atomic E-state index is 0.0342. The first kappa shape index (κ1) is 11.4. The maximum Gasteiger partial charge on any atom is 0.231 e. The van der Waals surface area contributed by atoms with Crippen LogP contribution in [0.25, 0.3) is 22.6 Å². The second-order valence-electron chi connectivity index (χ2n) is 4.07. The summed E-state index contributed by atoms with van der Waals surface area (Å²) < 4.78 is 10.8. The van der Waals surface area contributed by atoms with Crippen molar-refractivity contribution in [1.29, 1.82) is 0 Å². The molecule has 5 nitrogen and oxygen atoms in total. The number of nitrogens with zero attached hydrogens (tertiary/aromatic N) is 1. The van der Waals surface area contributed by atoms with Crippen LogP contribution in [0.15, 0.2) is 40.8 Å². The molecule has 0 unspecified atom stereocenters. The molecule has 0 atom stereocenters. The van der Waals surface area contributed by atoms with Crippen molar-refractivity contribution in [2.45, 2.75) is 0 Å². The van der Waals surface area contributed by atoms with Gasteiger partial charge in [0, 0.05) is 0 Å². The number of para-hydroxylation sites is 2. The average molecular weight is 256 g/mol.